The number of rotatable bonds is 7. The van der Waals surface area contributed by atoms with Crippen LogP contribution in [0.25, 0.3) is 0 Å². The smallest absolute Gasteiger partial charge is 0.301 e. The zero-order valence-corrected chi connectivity index (χ0v) is 11.1. The van der Waals surface area contributed by atoms with Crippen molar-refractivity contribution in [2.75, 3.05) is 12.4 Å². The molecule has 0 N–H and O–H groups in total. The zero-order valence-electron chi connectivity index (χ0n) is 10.2. The summed E-state index contributed by atoms with van der Waals surface area (Å²) in [6.07, 6.45) is 3.03. The van der Waals surface area contributed by atoms with Crippen molar-refractivity contribution >= 4 is 22.7 Å². The second-order valence-corrected chi connectivity index (χ2v) is 6.53. The van der Waals surface area contributed by atoms with Crippen LogP contribution in [0.3, 0.4) is 0 Å². The summed E-state index contributed by atoms with van der Waals surface area (Å²) >= 11 is 0. The summed E-state index contributed by atoms with van der Waals surface area (Å²) in [7, 11) is -0.850. The van der Waals surface area contributed by atoms with E-state index < -0.39 is 22.8 Å². The van der Waals surface area contributed by atoms with Crippen LogP contribution in [0.5, 0.6) is 0 Å². The minimum Gasteiger partial charge on any atom is -0.395 e. The molecule has 0 amide bonds. The number of thiol groups is 1. The van der Waals surface area contributed by atoms with E-state index >= 15 is 0 Å². The third-order valence-electron chi connectivity index (χ3n) is 2.79. The Bertz CT molecular complexity index is 440. The minimum absolute atomic E-state index is 0.270. The molecule has 0 aromatic heterocycles. The van der Waals surface area contributed by atoms with Gasteiger partial charge in [0.05, 0.1) is 6.21 Å². The molecule has 106 valence electrons. The molecule has 1 aliphatic carbocycles. The van der Waals surface area contributed by atoms with Crippen molar-refractivity contribution in [2.45, 2.75) is 19.3 Å². The first kappa shape index (κ1) is 14.2. The molecule has 3 nitrogen and oxygen atoms in total. The van der Waals surface area contributed by atoms with Gasteiger partial charge in [0.15, 0.2) is 5.83 Å². The molecular weight excluding hydrogens is 277 g/mol. The van der Waals surface area contributed by atoms with Crippen molar-refractivity contribution in [1.29, 1.82) is 0 Å². The highest BCUT2D eigenvalue weighted by atomic mass is 32.2. The summed E-state index contributed by atoms with van der Waals surface area (Å²) < 4.78 is 36.6. The van der Waals surface area contributed by atoms with Gasteiger partial charge in [-0.25, -0.2) is 4.39 Å². The van der Waals surface area contributed by atoms with Crippen LogP contribution in [0.4, 0.5) is 13.2 Å². The molecule has 0 saturated heterocycles. The molecule has 1 heterocycles. The van der Waals surface area contributed by atoms with Gasteiger partial charge in [-0.05, 0) is 24.5 Å². The van der Waals surface area contributed by atoms with E-state index in [1.165, 1.54) is 12.8 Å². The van der Waals surface area contributed by atoms with Crippen LogP contribution in [0.2, 0.25) is 0 Å². The van der Waals surface area contributed by atoms with Gasteiger partial charge in [0.2, 0.25) is 0 Å². The molecule has 0 bridgehead atoms. The lowest BCUT2D eigenvalue weighted by Gasteiger charge is -2.11. The molecule has 1 aliphatic heterocycles. The maximum Gasteiger partial charge on any atom is 0.301 e. The van der Waals surface area contributed by atoms with Crippen LogP contribution in [0, 0.1) is 5.92 Å². The summed E-state index contributed by atoms with van der Waals surface area (Å²) in [6, 6.07) is 0. The predicted molar refractivity (Wildman–Crippen MR) is 72.6 cm³/mol. The van der Waals surface area contributed by atoms with E-state index in [4.69, 9.17) is 4.84 Å². The van der Waals surface area contributed by atoms with E-state index in [9.17, 15) is 13.2 Å². The Hall–Kier alpha value is -1.24. The number of nitrogens with zero attached hydrogens (tertiary/aromatic N) is 2. The maximum atomic E-state index is 12.7. The monoisotopic (exact) mass is 292 g/mol. The van der Waals surface area contributed by atoms with Crippen LogP contribution in [0.15, 0.2) is 33.2 Å². The minimum atomic E-state index is -2.24. The Morgan fingerprint density at radius 1 is 1.47 bits per heavy atom. The van der Waals surface area contributed by atoms with E-state index in [1.54, 1.807) is 18.0 Å². The van der Waals surface area contributed by atoms with Crippen molar-refractivity contribution < 1.29 is 18.0 Å². The molecule has 2 rings (SSSR count). The van der Waals surface area contributed by atoms with Gasteiger partial charge in [0, 0.05) is 23.1 Å². The first-order chi connectivity index (χ1) is 9.16. The summed E-state index contributed by atoms with van der Waals surface area (Å²) in [4.78, 5) is 9.89. The van der Waals surface area contributed by atoms with Gasteiger partial charge in [0.1, 0.15) is 6.61 Å². The van der Waals surface area contributed by atoms with Gasteiger partial charge in [-0.3, -0.25) is 4.99 Å². The van der Waals surface area contributed by atoms with Crippen LogP contribution in [0.1, 0.15) is 19.3 Å². The van der Waals surface area contributed by atoms with Crippen molar-refractivity contribution in [3.8, 4) is 0 Å². The summed E-state index contributed by atoms with van der Waals surface area (Å²) in [6.45, 7) is 0.618. The molecule has 1 atom stereocenters. The van der Waals surface area contributed by atoms with Gasteiger partial charge in [-0.1, -0.05) is 5.16 Å². The number of hydrogen-bond acceptors (Lipinski definition) is 3. The molecule has 1 fully saturated rings. The maximum absolute atomic E-state index is 12.7. The highest BCUT2D eigenvalue weighted by Crippen LogP contribution is 2.37. The molecule has 0 aromatic rings. The van der Waals surface area contributed by atoms with Crippen molar-refractivity contribution in [3.05, 3.63) is 23.0 Å². The number of aliphatic imine (C=N–C) groups is 1. The second kappa shape index (κ2) is 6.79. The van der Waals surface area contributed by atoms with Crippen LogP contribution >= 0.6 is 10.9 Å². The molecule has 2 aliphatic rings. The van der Waals surface area contributed by atoms with Crippen molar-refractivity contribution in [3.63, 3.8) is 0 Å². The molecule has 1 saturated carbocycles. The van der Waals surface area contributed by atoms with Crippen molar-refractivity contribution in [1.82, 2.24) is 0 Å². The third-order valence-corrected chi connectivity index (χ3v) is 4.80. The second-order valence-electron chi connectivity index (χ2n) is 4.40. The van der Waals surface area contributed by atoms with E-state index in [0.29, 0.717) is 18.3 Å². The molecule has 7 heteroatoms. The number of allylic oxidation sites excluding steroid dienone is 2. The summed E-state index contributed by atoms with van der Waals surface area (Å²) in [5, 5.41) is 3.83. The quantitative estimate of drug-likeness (QED) is 0.433. The van der Waals surface area contributed by atoms with Crippen LogP contribution < -0.4 is 0 Å². The molecule has 0 spiro atoms. The van der Waals surface area contributed by atoms with Gasteiger partial charge >= 0.3 is 6.08 Å². The van der Waals surface area contributed by atoms with Crippen LogP contribution in [-0.4, -0.2) is 24.1 Å². The SMILES string of the molecule is FC(F)=C(F)CC[SH]1C=NC=C1/C=N/OCC1CC1. The fourth-order valence-electron chi connectivity index (χ4n) is 1.46. The standard InChI is InChI=1S/C12H15F3N2OS/c13-11(12(14)15)3-4-19-8-16-5-10(19)6-17-18-7-9-1-2-9/h5-6,8-9,19H,1-4,7H2/b17-6+. The van der Waals surface area contributed by atoms with E-state index in [-0.39, 0.29) is 6.42 Å². The fourth-order valence-corrected chi connectivity index (χ4v) is 3.04. The number of oxime groups is 1. The van der Waals surface area contributed by atoms with E-state index in [2.05, 4.69) is 10.1 Å². The van der Waals surface area contributed by atoms with Gasteiger partial charge in [0.25, 0.3) is 0 Å². The van der Waals surface area contributed by atoms with E-state index in [1.807, 2.05) is 0 Å². The molecule has 1 unspecified atom stereocenters. The molecule has 0 aromatic carbocycles. The van der Waals surface area contributed by atoms with Gasteiger partial charge in [-0.15, -0.1) is 0 Å². The Balaban J connectivity index is 1.75. The Kier molecular flexibility index (Phi) is 5.07. The summed E-state index contributed by atoms with van der Waals surface area (Å²) in [5.41, 5.74) is 1.67. The molecular formula is C12H15F3N2OS. The number of hydrogen-bond donors (Lipinski definition) is 1. The first-order valence-electron chi connectivity index (χ1n) is 6.02. The topological polar surface area (TPSA) is 34.0 Å². The Morgan fingerprint density at radius 2 is 2.26 bits per heavy atom. The normalized spacial score (nSPS) is 23.7. The average Bonchev–Trinajstić information content (AvgIpc) is 3.10. The Morgan fingerprint density at radius 3 is 2.95 bits per heavy atom. The first-order valence-corrected chi connectivity index (χ1v) is 7.61. The van der Waals surface area contributed by atoms with Gasteiger partial charge in [-0.2, -0.15) is 19.7 Å². The predicted octanol–water partition coefficient (Wildman–Crippen LogP) is 3.75. The molecule has 19 heavy (non-hydrogen) atoms. The average molecular weight is 292 g/mol. The largest absolute Gasteiger partial charge is 0.395 e. The van der Waals surface area contributed by atoms with Crippen molar-refractivity contribution in [2.24, 2.45) is 16.1 Å². The van der Waals surface area contributed by atoms with E-state index in [0.717, 1.165) is 4.91 Å². The summed E-state index contributed by atoms with van der Waals surface area (Å²) in [5.74, 6) is -0.411. The number of halogens is 3. The van der Waals surface area contributed by atoms with Crippen LogP contribution in [-0.2, 0) is 4.84 Å². The lowest BCUT2D eigenvalue weighted by atomic mass is 10.4. The van der Waals surface area contributed by atoms with Gasteiger partial charge < -0.3 is 4.84 Å². The Labute approximate surface area is 112 Å². The lowest BCUT2D eigenvalue weighted by molar-refractivity contribution is 0.135. The highest BCUT2D eigenvalue weighted by Gasteiger charge is 2.21. The lowest BCUT2D eigenvalue weighted by Crippen LogP contribution is -1.95. The third kappa shape index (κ3) is 4.74. The highest BCUT2D eigenvalue weighted by molar-refractivity contribution is 8.32. The molecule has 0 radical (unpaired) electrons. The fraction of sp³-hybridized carbons (Fsp3) is 0.500. The zero-order chi connectivity index (χ0) is 13.7.